The summed E-state index contributed by atoms with van der Waals surface area (Å²) in [7, 11) is 0. The van der Waals surface area contributed by atoms with Crippen LogP contribution in [0.25, 0.3) is 0 Å². The molecule has 1 aliphatic rings. The van der Waals surface area contributed by atoms with Crippen LogP contribution in [0.3, 0.4) is 0 Å². The van der Waals surface area contributed by atoms with Crippen LogP contribution in [0.15, 0.2) is 24.3 Å². The van der Waals surface area contributed by atoms with Gasteiger partial charge in [0.15, 0.2) is 0 Å². The number of aliphatic carboxylic acids is 1. The fourth-order valence-electron chi connectivity index (χ4n) is 2.00. The summed E-state index contributed by atoms with van der Waals surface area (Å²) in [6.45, 7) is 1.22. The number of carboxylic acids is 1. The van der Waals surface area contributed by atoms with Crippen LogP contribution < -0.4 is 16.4 Å². The highest BCUT2D eigenvalue weighted by molar-refractivity contribution is 5.93. The molecule has 0 saturated carbocycles. The van der Waals surface area contributed by atoms with Crippen LogP contribution in [0.5, 0.6) is 0 Å². The molecule has 1 fully saturated rings. The number of nitrogens with two attached hydrogens (primary N) is 1. The first-order valence-corrected chi connectivity index (χ1v) is 5.61. The molecule has 2 rings (SSSR count). The lowest BCUT2D eigenvalue weighted by Gasteiger charge is -2.43. The lowest BCUT2D eigenvalue weighted by Crippen LogP contribution is -2.65. The number of benzene rings is 1. The Bertz CT molecular complexity index is 466. The number of hydrogen-bond acceptors (Lipinski definition) is 4. The van der Waals surface area contributed by atoms with Gasteiger partial charge in [-0.25, -0.2) is 0 Å². The maximum absolute atomic E-state index is 10.9. The van der Waals surface area contributed by atoms with Crippen LogP contribution in [-0.4, -0.2) is 35.6 Å². The van der Waals surface area contributed by atoms with Gasteiger partial charge in [-0.1, -0.05) is 0 Å². The Balaban J connectivity index is 2.08. The lowest BCUT2D eigenvalue weighted by atomic mass is 9.88. The molecule has 0 aromatic heterocycles. The summed E-state index contributed by atoms with van der Waals surface area (Å²) < 4.78 is 0. The zero-order chi connectivity index (χ0) is 13.2. The molecule has 1 aliphatic heterocycles. The van der Waals surface area contributed by atoms with Crippen LogP contribution in [0.2, 0.25) is 0 Å². The van der Waals surface area contributed by atoms with Crippen molar-refractivity contribution in [2.24, 2.45) is 5.73 Å². The van der Waals surface area contributed by atoms with Crippen molar-refractivity contribution in [1.29, 1.82) is 0 Å². The van der Waals surface area contributed by atoms with Crippen LogP contribution in [0.4, 0.5) is 5.69 Å². The Hall–Kier alpha value is -2.08. The quantitative estimate of drug-likeness (QED) is 0.588. The SMILES string of the molecule is NC(=O)c1ccc(NC2(CC(=O)O)CNC2)cc1. The molecule has 1 heterocycles. The van der Waals surface area contributed by atoms with Gasteiger partial charge in [0.1, 0.15) is 0 Å². The topological polar surface area (TPSA) is 104 Å². The summed E-state index contributed by atoms with van der Waals surface area (Å²) >= 11 is 0. The van der Waals surface area contributed by atoms with Crippen molar-refractivity contribution >= 4 is 17.6 Å². The van der Waals surface area contributed by atoms with Gasteiger partial charge in [-0.3, -0.25) is 9.59 Å². The normalized spacial score (nSPS) is 16.7. The van der Waals surface area contributed by atoms with E-state index in [9.17, 15) is 9.59 Å². The highest BCUT2D eigenvalue weighted by atomic mass is 16.4. The third kappa shape index (κ3) is 2.60. The first-order chi connectivity index (χ1) is 8.51. The van der Waals surface area contributed by atoms with E-state index in [4.69, 9.17) is 10.8 Å². The van der Waals surface area contributed by atoms with Crippen LogP contribution in [-0.2, 0) is 4.79 Å². The summed E-state index contributed by atoms with van der Waals surface area (Å²) in [4.78, 5) is 21.7. The van der Waals surface area contributed by atoms with E-state index in [2.05, 4.69) is 10.6 Å². The molecule has 18 heavy (non-hydrogen) atoms. The fraction of sp³-hybridized carbons (Fsp3) is 0.333. The molecule has 6 heteroatoms. The van der Waals surface area contributed by atoms with E-state index in [1.807, 2.05) is 0 Å². The first kappa shape index (κ1) is 12.4. The Morgan fingerprint density at radius 2 is 1.94 bits per heavy atom. The van der Waals surface area contributed by atoms with Crippen molar-refractivity contribution < 1.29 is 14.7 Å². The molecule has 0 bridgehead atoms. The minimum absolute atomic E-state index is 0.0531. The van der Waals surface area contributed by atoms with Crippen molar-refractivity contribution in [3.63, 3.8) is 0 Å². The van der Waals surface area contributed by atoms with E-state index in [0.29, 0.717) is 18.7 Å². The molecule has 1 aromatic carbocycles. The van der Waals surface area contributed by atoms with Gasteiger partial charge in [0.2, 0.25) is 5.91 Å². The molecule has 0 spiro atoms. The van der Waals surface area contributed by atoms with E-state index < -0.39 is 17.4 Å². The summed E-state index contributed by atoms with van der Waals surface area (Å²) in [5, 5.41) is 15.1. The van der Waals surface area contributed by atoms with Crippen LogP contribution in [0.1, 0.15) is 16.8 Å². The van der Waals surface area contributed by atoms with Crippen molar-refractivity contribution in [2.45, 2.75) is 12.0 Å². The predicted octanol–water partition coefficient (Wildman–Crippen LogP) is 0.0141. The molecule has 1 aromatic rings. The predicted molar refractivity (Wildman–Crippen MR) is 66.4 cm³/mol. The third-order valence-corrected chi connectivity index (χ3v) is 3.00. The second-order valence-electron chi connectivity index (χ2n) is 4.52. The molecule has 6 nitrogen and oxygen atoms in total. The molecule has 1 amide bonds. The molecular formula is C12H15N3O3. The molecule has 96 valence electrons. The minimum Gasteiger partial charge on any atom is -0.481 e. The average Bonchev–Trinajstić information content (AvgIpc) is 2.26. The number of primary amides is 1. The Morgan fingerprint density at radius 3 is 2.33 bits per heavy atom. The molecule has 0 aliphatic carbocycles. The summed E-state index contributed by atoms with van der Waals surface area (Å²) in [5.74, 6) is -1.31. The lowest BCUT2D eigenvalue weighted by molar-refractivity contribution is -0.138. The molecular weight excluding hydrogens is 234 g/mol. The van der Waals surface area contributed by atoms with Crippen molar-refractivity contribution in [3.8, 4) is 0 Å². The van der Waals surface area contributed by atoms with E-state index in [1.54, 1.807) is 24.3 Å². The van der Waals surface area contributed by atoms with Gasteiger partial charge in [0.25, 0.3) is 0 Å². The molecule has 0 radical (unpaired) electrons. The summed E-state index contributed by atoms with van der Waals surface area (Å²) in [6, 6.07) is 6.68. The zero-order valence-electron chi connectivity index (χ0n) is 9.77. The van der Waals surface area contributed by atoms with Crippen molar-refractivity contribution in [2.75, 3.05) is 18.4 Å². The van der Waals surface area contributed by atoms with E-state index >= 15 is 0 Å². The molecule has 5 N–H and O–H groups in total. The number of anilines is 1. The maximum Gasteiger partial charge on any atom is 0.305 e. The van der Waals surface area contributed by atoms with E-state index in [-0.39, 0.29) is 6.42 Å². The van der Waals surface area contributed by atoms with Gasteiger partial charge in [-0.2, -0.15) is 0 Å². The second kappa shape index (κ2) is 4.66. The van der Waals surface area contributed by atoms with Gasteiger partial charge in [-0.05, 0) is 24.3 Å². The second-order valence-corrected chi connectivity index (χ2v) is 4.52. The summed E-state index contributed by atoms with van der Waals surface area (Å²) in [6.07, 6.45) is 0.0531. The number of nitrogens with one attached hydrogen (secondary N) is 2. The zero-order valence-corrected chi connectivity index (χ0v) is 9.77. The largest absolute Gasteiger partial charge is 0.481 e. The Morgan fingerprint density at radius 1 is 1.33 bits per heavy atom. The van der Waals surface area contributed by atoms with Crippen LogP contribution >= 0.6 is 0 Å². The highest BCUT2D eigenvalue weighted by Crippen LogP contribution is 2.23. The highest BCUT2D eigenvalue weighted by Gasteiger charge is 2.38. The standard InChI is InChI=1S/C12H15N3O3/c13-11(18)8-1-3-9(4-2-8)15-12(5-10(16)17)6-14-7-12/h1-4,14-15H,5-7H2,(H2,13,18)(H,16,17). The van der Waals surface area contributed by atoms with Crippen molar-refractivity contribution in [1.82, 2.24) is 5.32 Å². The molecule has 1 saturated heterocycles. The van der Waals surface area contributed by atoms with Crippen molar-refractivity contribution in [3.05, 3.63) is 29.8 Å². The molecule has 0 atom stereocenters. The van der Waals surface area contributed by atoms with Gasteiger partial charge in [-0.15, -0.1) is 0 Å². The monoisotopic (exact) mass is 249 g/mol. The smallest absolute Gasteiger partial charge is 0.305 e. The number of carbonyl (C=O) groups is 2. The van der Waals surface area contributed by atoms with E-state index in [0.717, 1.165) is 5.69 Å². The number of rotatable bonds is 5. The van der Waals surface area contributed by atoms with Gasteiger partial charge >= 0.3 is 5.97 Å². The van der Waals surface area contributed by atoms with Crippen LogP contribution in [0, 0.1) is 0 Å². The summed E-state index contributed by atoms with van der Waals surface area (Å²) in [5.41, 5.74) is 5.91. The average molecular weight is 249 g/mol. The number of amides is 1. The Labute approximate surface area is 104 Å². The van der Waals surface area contributed by atoms with Gasteiger partial charge in [0.05, 0.1) is 12.0 Å². The number of hydrogen-bond donors (Lipinski definition) is 4. The van der Waals surface area contributed by atoms with E-state index in [1.165, 1.54) is 0 Å². The number of carboxylic acid groups (broad SMARTS) is 1. The molecule has 0 unspecified atom stereocenters. The Kier molecular flexibility index (Phi) is 3.20. The number of carbonyl (C=O) groups excluding carboxylic acids is 1. The minimum atomic E-state index is -0.835. The maximum atomic E-state index is 10.9. The van der Waals surface area contributed by atoms with Gasteiger partial charge < -0.3 is 21.5 Å². The fourth-order valence-corrected chi connectivity index (χ4v) is 2.00. The third-order valence-electron chi connectivity index (χ3n) is 3.00. The van der Waals surface area contributed by atoms with Gasteiger partial charge in [0, 0.05) is 24.3 Å². The first-order valence-electron chi connectivity index (χ1n) is 5.61.